The molecule has 2 heteroatoms. The lowest BCUT2D eigenvalue weighted by Crippen LogP contribution is -2.21. The van der Waals surface area contributed by atoms with Crippen LogP contribution in [0.15, 0.2) is 0 Å². The minimum absolute atomic E-state index is 0.501. The highest BCUT2D eigenvalue weighted by atomic mass is 15.1. The highest BCUT2D eigenvalue weighted by Crippen LogP contribution is 2.51. The predicted molar refractivity (Wildman–Crippen MR) is 64.6 cm³/mol. The molecule has 3 rings (SSSR count). The molecule has 0 N–H and O–H groups in total. The molecule has 86 valence electrons. The van der Waals surface area contributed by atoms with Crippen LogP contribution in [0.3, 0.4) is 0 Å². The zero-order valence-corrected chi connectivity index (χ0v) is 10.3. The van der Waals surface area contributed by atoms with Crippen LogP contribution >= 0.6 is 0 Å². The quantitative estimate of drug-likeness (QED) is 0.721. The summed E-state index contributed by atoms with van der Waals surface area (Å²) in [5, 5.41) is 8.76. The number of hydrogen-bond acceptors (Lipinski definition) is 2. The van der Waals surface area contributed by atoms with Gasteiger partial charge in [-0.2, -0.15) is 10.2 Å². The molecule has 1 saturated carbocycles. The van der Waals surface area contributed by atoms with Gasteiger partial charge in [0.2, 0.25) is 0 Å². The van der Waals surface area contributed by atoms with Crippen molar-refractivity contribution >= 4 is 0 Å². The van der Waals surface area contributed by atoms with E-state index in [0.717, 1.165) is 6.42 Å². The van der Waals surface area contributed by atoms with Crippen LogP contribution in [0.25, 0.3) is 0 Å². The van der Waals surface area contributed by atoms with E-state index in [0.29, 0.717) is 5.41 Å². The fourth-order valence-electron chi connectivity index (χ4n) is 3.82. The first-order valence-electron chi connectivity index (χ1n) is 6.62. The van der Waals surface area contributed by atoms with Gasteiger partial charge in [0, 0.05) is 0 Å². The van der Waals surface area contributed by atoms with Crippen molar-refractivity contribution in [2.24, 2.45) is 0 Å². The Morgan fingerprint density at radius 2 is 1.88 bits per heavy atom. The third-order valence-corrected chi connectivity index (χ3v) is 4.63. The summed E-state index contributed by atoms with van der Waals surface area (Å²) in [6.07, 6.45) is 9.22. The summed E-state index contributed by atoms with van der Waals surface area (Å²) in [6.45, 7) is 4.33. The lowest BCUT2D eigenvalue weighted by atomic mass is 9.79. The van der Waals surface area contributed by atoms with Gasteiger partial charge in [0.15, 0.2) is 0 Å². The summed E-state index contributed by atoms with van der Waals surface area (Å²) in [4.78, 5) is 0. The molecule has 16 heavy (non-hydrogen) atoms. The van der Waals surface area contributed by atoms with Gasteiger partial charge in [0.1, 0.15) is 0 Å². The standard InChI is InChI=1S/C14H20N2/c1-3-12-13-11(10(2)15-16-12)6-9-14(13)7-4-5-8-14/h3-9H2,1-2H3. The van der Waals surface area contributed by atoms with Crippen molar-refractivity contribution in [2.75, 3.05) is 0 Å². The van der Waals surface area contributed by atoms with Crippen LogP contribution in [0.1, 0.15) is 61.5 Å². The van der Waals surface area contributed by atoms with Gasteiger partial charge >= 0.3 is 0 Å². The summed E-state index contributed by atoms with van der Waals surface area (Å²) >= 11 is 0. The number of nitrogens with zero attached hydrogens (tertiary/aromatic N) is 2. The molecule has 2 nitrogen and oxygen atoms in total. The Balaban J connectivity index is 2.19. The fraction of sp³-hybridized carbons (Fsp3) is 0.714. The first-order chi connectivity index (χ1) is 7.77. The summed E-state index contributed by atoms with van der Waals surface area (Å²) in [6, 6.07) is 0. The molecule has 1 fully saturated rings. The predicted octanol–water partition coefficient (Wildman–Crippen LogP) is 3.11. The van der Waals surface area contributed by atoms with Gasteiger partial charge in [-0.1, -0.05) is 19.8 Å². The number of rotatable bonds is 1. The minimum Gasteiger partial charge on any atom is -0.155 e. The smallest absolute Gasteiger partial charge is 0.0668 e. The number of aromatic nitrogens is 2. The van der Waals surface area contributed by atoms with E-state index in [1.165, 1.54) is 55.5 Å². The average Bonchev–Trinajstić information content (AvgIpc) is 2.90. The lowest BCUT2D eigenvalue weighted by Gasteiger charge is -2.26. The zero-order valence-electron chi connectivity index (χ0n) is 10.3. The van der Waals surface area contributed by atoms with E-state index in [-0.39, 0.29) is 0 Å². The summed E-state index contributed by atoms with van der Waals surface area (Å²) in [5.41, 5.74) is 6.10. The van der Waals surface area contributed by atoms with E-state index in [1.807, 2.05) is 0 Å². The van der Waals surface area contributed by atoms with E-state index in [1.54, 1.807) is 5.56 Å². The van der Waals surface area contributed by atoms with E-state index in [2.05, 4.69) is 24.0 Å². The molecule has 0 aliphatic heterocycles. The van der Waals surface area contributed by atoms with E-state index in [4.69, 9.17) is 0 Å². The second-order valence-electron chi connectivity index (χ2n) is 5.43. The molecule has 2 aliphatic carbocycles. The molecule has 0 unspecified atom stereocenters. The second-order valence-corrected chi connectivity index (χ2v) is 5.43. The van der Waals surface area contributed by atoms with Gasteiger partial charge in [-0.15, -0.1) is 0 Å². The first kappa shape index (κ1) is 10.2. The Morgan fingerprint density at radius 3 is 2.56 bits per heavy atom. The van der Waals surface area contributed by atoms with Crippen LogP contribution in [0.4, 0.5) is 0 Å². The molecule has 0 radical (unpaired) electrons. The maximum absolute atomic E-state index is 4.44. The van der Waals surface area contributed by atoms with Crippen molar-refractivity contribution in [1.29, 1.82) is 0 Å². The molecule has 0 saturated heterocycles. The van der Waals surface area contributed by atoms with Gasteiger partial charge in [0.05, 0.1) is 11.4 Å². The van der Waals surface area contributed by atoms with Gasteiger partial charge in [0.25, 0.3) is 0 Å². The third-order valence-electron chi connectivity index (χ3n) is 4.63. The van der Waals surface area contributed by atoms with Gasteiger partial charge < -0.3 is 0 Å². The molecular formula is C14H20N2. The first-order valence-corrected chi connectivity index (χ1v) is 6.62. The van der Waals surface area contributed by atoms with Crippen LogP contribution in [-0.4, -0.2) is 10.2 Å². The summed E-state index contributed by atoms with van der Waals surface area (Å²) in [7, 11) is 0. The van der Waals surface area contributed by atoms with Crippen molar-refractivity contribution in [2.45, 2.75) is 64.2 Å². The molecule has 1 aromatic heterocycles. The highest BCUT2D eigenvalue weighted by Gasteiger charge is 2.43. The maximum Gasteiger partial charge on any atom is 0.0668 e. The largest absolute Gasteiger partial charge is 0.155 e. The number of aryl methyl sites for hydroxylation is 2. The van der Waals surface area contributed by atoms with Crippen LogP contribution in [-0.2, 0) is 18.3 Å². The van der Waals surface area contributed by atoms with Gasteiger partial charge in [-0.05, 0) is 55.6 Å². The van der Waals surface area contributed by atoms with Crippen LogP contribution < -0.4 is 0 Å². The fourth-order valence-corrected chi connectivity index (χ4v) is 3.82. The number of fused-ring (bicyclic) bond motifs is 2. The molecular weight excluding hydrogens is 196 g/mol. The topological polar surface area (TPSA) is 25.8 Å². The Hall–Kier alpha value is -0.920. The summed E-state index contributed by atoms with van der Waals surface area (Å²) in [5.74, 6) is 0. The monoisotopic (exact) mass is 216 g/mol. The van der Waals surface area contributed by atoms with Crippen molar-refractivity contribution < 1.29 is 0 Å². The van der Waals surface area contributed by atoms with Crippen molar-refractivity contribution in [3.8, 4) is 0 Å². The Kier molecular flexibility index (Phi) is 2.27. The minimum atomic E-state index is 0.501. The van der Waals surface area contributed by atoms with Crippen molar-refractivity contribution in [3.63, 3.8) is 0 Å². The highest BCUT2D eigenvalue weighted by molar-refractivity contribution is 5.44. The molecule has 0 amide bonds. The Morgan fingerprint density at radius 1 is 1.12 bits per heavy atom. The van der Waals surface area contributed by atoms with Crippen LogP contribution in [0, 0.1) is 6.92 Å². The third kappa shape index (κ3) is 1.25. The maximum atomic E-state index is 4.44. The normalized spacial score (nSPS) is 21.6. The molecule has 0 bridgehead atoms. The van der Waals surface area contributed by atoms with E-state index in [9.17, 15) is 0 Å². The van der Waals surface area contributed by atoms with Crippen molar-refractivity contribution in [1.82, 2.24) is 10.2 Å². The van der Waals surface area contributed by atoms with Gasteiger partial charge in [-0.3, -0.25) is 0 Å². The van der Waals surface area contributed by atoms with Gasteiger partial charge in [-0.25, -0.2) is 0 Å². The van der Waals surface area contributed by atoms with E-state index >= 15 is 0 Å². The lowest BCUT2D eigenvalue weighted by molar-refractivity contribution is 0.434. The number of hydrogen-bond donors (Lipinski definition) is 0. The molecule has 2 aliphatic rings. The van der Waals surface area contributed by atoms with E-state index < -0.39 is 0 Å². The molecule has 0 aromatic carbocycles. The average molecular weight is 216 g/mol. The zero-order chi connectivity index (χ0) is 11.2. The SMILES string of the molecule is CCc1nnc(C)c2c1C1(CCCC1)CC2. The van der Waals surface area contributed by atoms with Crippen LogP contribution in [0.2, 0.25) is 0 Å². The second kappa shape index (κ2) is 3.54. The molecule has 1 aromatic rings. The molecule has 1 heterocycles. The Labute approximate surface area is 97.5 Å². The molecule has 0 atom stereocenters. The molecule has 1 spiro atoms. The Bertz CT molecular complexity index is 417. The summed E-state index contributed by atoms with van der Waals surface area (Å²) < 4.78 is 0. The van der Waals surface area contributed by atoms with Crippen molar-refractivity contribution in [3.05, 3.63) is 22.5 Å². The van der Waals surface area contributed by atoms with Crippen LogP contribution in [0.5, 0.6) is 0 Å².